The molecule has 0 aromatic heterocycles. The number of carbonyl (C=O) groups excluding carboxylic acids is 2. The molecule has 0 saturated carbocycles. The molecule has 0 unspecified atom stereocenters. The van der Waals surface area contributed by atoms with Crippen LogP contribution >= 0.6 is 0 Å². The molecule has 2 atom stereocenters. The molecule has 9 heteroatoms. The fourth-order valence-corrected chi connectivity index (χ4v) is 5.75. The Morgan fingerprint density at radius 3 is 1.98 bits per heavy atom. The Kier molecular flexibility index (Phi) is 10.7. The molecule has 0 bridgehead atoms. The van der Waals surface area contributed by atoms with Crippen LogP contribution in [-0.4, -0.2) is 75.5 Å². The van der Waals surface area contributed by atoms with E-state index in [4.69, 9.17) is 0 Å². The van der Waals surface area contributed by atoms with Gasteiger partial charge in [0.1, 0.15) is 6.04 Å². The molecule has 3 amide bonds. The number of sulfone groups is 1. The summed E-state index contributed by atoms with van der Waals surface area (Å²) in [5, 5.41) is 7.12. The quantitative estimate of drug-likeness (QED) is 0.364. The largest absolute Gasteiger partial charge is 0.348 e. The lowest BCUT2D eigenvalue weighted by Crippen LogP contribution is -2.56. The maximum Gasteiger partial charge on any atom is 0.318 e. The van der Waals surface area contributed by atoms with Crippen molar-refractivity contribution < 1.29 is 18.0 Å². The Bertz CT molecular complexity index is 1390. The Morgan fingerprint density at radius 2 is 1.37 bits per heavy atom. The van der Waals surface area contributed by atoms with Crippen molar-refractivity contribution in [1.82, 2.24) is 20.4 Å². The number of benzene rings is 3. The van der Waals surface area contributed by atoms with Crippen LogP contribution in [0.1, 0.15) is 17.5 Å². The van der Waals surface area contributed by atoms with Crippen LogP contribution in [-0.2, 0) is 27.5 Å². The van der Waals surface area contributed by atoms with Gasteiger partial charge in [-0.2, -0.15) is 0 Å². The van der Waals surface area contributed by atoms with E-state index in [1.54, 1.807) is 35.2 Å². The minimum absolute atomic E-state index is 0.186. The molecule has 0 radical (unpaired) electrons. The highest BCUT2D eigenvalue weighted by atomic mass is 32.2. The van der Waals surface area contributed by atoms with Crippen LogP contribution in [0.2, 0.25) is 0 Å². The lowest BCUT2D eigenvalue weighted by Gasteiger charge is -2.33. The van der Waals surface area contributed by atoms with Crippen molar-refractivity contribution in [3.63, 3.8) is 0 Å². The molecule has 1 aliphatic heterocycles. The third-order valence-corrected chi connectivity index (χ3v) is 8.61. The van der Waals surface area contributed by atoms with E-state index in [2.05, 4.69) is 15.5 Å². The molecule has 3 aromatic carbocycles. The Labute approximate surface area is 243 Å². The van der Waals surface area contributed by atoms with Gasteiger partial charge in [-0.15, -0.1) is 0 Å². The normalized spacial score (nSPS) is 15.8. The number of piperazine rings is 1. The number of aryl methyl sites for hydroxylation is 1. The van der Waals surface area contributed by atoms with E-state index in [0.717, 1.165) is 29.6 Å². The molecule has 4 rings (SSSR count). The summed E-state index contributed by atoms with van der Waals surface area (Å²) in [5.41, 5.74) is 1.99. The van der Waals surface area contributed by atoms with Crippen molar-refractivity contribution in [1.29, 1.82) is 0 Å². The van der Waals surface area contributed by atoms with E-state index < -0.39 is 21.9 Å². The van der Waals surface area contributed by atoms with Gasteiger partial charge in [0.15, 0.2) is 9.84 Å². The predicted octanol–water partition coefficient (Wildman–Crippen LogP) is 3.66. The lowest BCUT2D eigenvalue weighted by atomic mass is 10.0. The monoisotopic (exact) mass is 574 g/mol. The summed E-state index contributed by atoms with van der Waals surface area (Å²) < 4.78 is 25.9. The van der Waals surface area contributed by atoms with Crippen molar-refractivity contribution in [2.45, 2.75) is 36.2 Å². The minimum atomic E-state index is -3.69. The molecule has 0 spiro atoms. The highest BCUT2D eigenvalue weighted by Crippen LogP contribution is 2.14. The average molecular weight is 575 g/mol. The van der Waals surface area contributed by atoms with Gasteiger partial charge in [-0.1, -0.05) is 84.9 Å². The molecular weight excluding hydrogens is 536 g/mol. The van der Waals surface area contributed by atoms with Crippen molar-refractivity contribution in [3.05, 3.63) is 114 Å². The Balaban J connectivity index is 1.52. The van der Waals surface area contributed by atoms with Crippen molar-refractivity contribution in [3.8, 4) is 0 Å². The van der Waals surface area contributed by atoms with Gasteiger partial charge < -0.3 is 20.4 Å². The standard InChI is InChI=1S/C32H38N4O4S/c1-35-20-22-36(23-21-35)32(38)34-30(25-27-13-7-3-8-14-27)31(37)33-28(18-17-26-11-5-2-6-12-26)19-24-41(39,40)29-15-9-4-10-16-29/h2-16,19,24,28,30H,17-18,20-23,25H2,1H3,(H,33,37)(H,34,38)/b24-19+/t28-,30+/m1/s1. The molecular formula is C32H38N4O4S. The number of amides is 3. The first-order chi connectivity index (χ1) is 19.8. The number of nitrogens with zero attached hydrogens (tertiary/aromatic N) is 2. The summed E-state index contributed by atoms with van der Waals surface area (Å²) in [5.74, 6) is -0.365. The van der Waals surface area contributed by atoms with Gasteiger partial charge in [0.2, 0.25) is 5.91 Å². The van der Waals surface area contributed by atoms with Gasteiger partial charge in [0.05, 0.1) is 4.90 Å². The minimum Gasteiger partial charge on any atom is -0.348 e. The number of likely N-dealkylation sites (N-methyl/N-ethyl adjacent to an activating group) is 1. The molecule has 1 heterocycles. The van der Waals surface area contributed by atoms with Crippen LogP contribution in [0, 0.1) is 0 Å². The summed E-state index contributed by atoms with van der Waals surface area (Å²) in [7, 11) is -1.68. The summed E-state index contributed by atoms with van der Waals surface area (Å²) in [6, 6.07) is 25.9. The summed E-state index contributed by atoms with van der Waals surface area (Å²) in [6.07, 6.45) is 2.97. The number of carbonyl (C=O) groups is 2. The highest BCUT2D eigenvalue weighted by molar-refractivity contribution is 7.94. The van der Waals surface area contributed by atoms with Crippen LogP contribution in [0.3, 0.4) is 0 Å². The maximum absolute atomic E-state index is 13.7. The molecule has 1 fully saturated rings. The first kappa shape index (κ1) is 30.0. The maximum atomic E-state index is 13.7. The van der Waals surface area contributed by atoms with Gasteiger partial charge in [0, 0.05) is 44.0 Å². The highest BCUT2D eigenvalue weighted by Gasteiger charge is 2.27. The lowest BCUT2D eigenvalue weighted by molar-refractivity contribution is -0.123. The third-order valence-electron chi connectivity index (χ3n) is 7.16. The van der Waals surface area contributed by atoms with E-state index >= 15 is 0 Å². The smallest absolute Gasteiger partial charge is 0.318 e. The van der Waals surface area contributed by atoms with Crippen LogP contribution in [0.25, 0.3) is 0 Å². The molecule has 8 nitrogen and oxygen atoms in total. The third kappa shape index (κ3) is 9.30. The predicted molar refractivity (Wildman–Crippen MR) is 161 cm³/mol. The first-order valence-electron chi connectivity index (χ1n) is 13.9. The number of rotatable bonds is 11. The van der Waals surface area contributed by atoms with Gasteiger partial charge in [-0.05, 0) is 43.1 Å². The second-order valence-electron chi connectivity index (χ2n) is 10.3. The van der Waals surface area contributed by atoms with Crippen molar-refractivity contribution >= 4 is 21.8 Å². The molecule has 41 heavy (non-hydrogen) atoms. The van der Waals surface area contributed by atoms with Crippen LogP contribution < -0.4 is 10.6 Å². The zero-order valence-electron chi connectivity index (χ0n) is 23.4. The zero-order valence-corrected chi connectivity index (χ0v) is 24.2. The number of hydrogen-bond acceptors (Lipinski definition) is 5. The molecule has 1 aliphatic rings. The van der Waals surface area contributed by atoms with Gasteiger partial charge >= 0.3 is 6.03 Å². The van der Waals surface area contributed by atoms with Crippen LogP contribution in [0.15, 0.2) is 107 Å². The van der Waals surface area contributed by atoms with Gasteiger partial charge in [0.25, 0.3) is 0 Å². The van der Waals surface area contributed by atoms with E-state index in [1.807, 2.05) is 67.7 Å². The average Bonchev–Trinajstić information content (AvgIpc) is 3.00. The number of urea groups is 1. The fourth-order valence-electron chi connectivity index (χ4n) is 4.66. The van der Waals surface area contributed by atoms with Crippen LogP contribution in [0.4, 0.5) is 4.79 Å². The molecule has 3 aromatic rings. The summed E-state index contributed by atoms with van der Waals surface area (Å²) >= 11 is 0. The zero-order chi connectivity index (χ0) is 29.1. The van der Waals surface area contributed by atoms with Gasteiger partial charge in [-0.3, -0.25) is 4.79 Å². The summed E-state index contributed by atoms with van der Waals surface area (Å²) in [6.45, 7) is 2.71. The topological polar surface area (TPSA) is 98.8 Å². The summed E-state index contributed by atoms with van der Waals surface area (Å²) in [4.78, 5) is 30.9. The Morgan fingerprint density at radius 1 is 0.805 bits per heavy atom. The molecule has 1 saturated heterocycles. The first-order valence-corrected chi connectivity index (χ1v) is 15.5. The second-order valence-corrected chi connectivity index (χ2v) is 12.1. The fraction of sp³-hybridized carbons (Fsp3) is 0.312. The van der Waals surface area contributed by atoms with E-state index in [9.17, 15) is 18.0 Å². The van der Waals surface area contributed by atoms with E-state index in [0.29, 0.717) is 32.4 Å². The van der Waals surface area contributed by atoms with Crippen LogP contribution in [0.5, 0.6) is 0 Å². The Hall–Kier alpha value is -3.95. The molecule has 216 valence electrons. The molecule has 0 aliphatic carbocycles. The number of hydrogen-bond donors (Lipinski definition) is 2. The molecule has 2 N–H and O–H groups in total. The SMILES string of the molecule is CN1CCN(C(=O)N[C@@H](Cc2ccccc2)C(=O)N[C@@H](/C=C/S(=O)(=O)c2ccccc2)CCc2ccccc2)CC1. The van der Waals surface area contributed by atoms with Gasteiger partial charge in [-0.25, -0.2) is 13.2 Å². The second kappa shape index (κ2) is 14.6. The number of nitrogens with one attached hydrogen (secondary N) is 2. The van der Waals surface area contributed by atoms with Crippen molar-refractivity contribution in [2.24, 2.45) is 0 Å². The van der Waals surface area contributed by atoms with E-state index in [-0.39, 0.29) is 16.8 Å². The van der Waals surface area contributed by atoms with E-state index in [1.165, 1.54) is 6.08 Å². The van der Waals surface area contributed by atoms with Crippen molar-refractivity contribution in [2.75, 3.05) is 33.2 Å².